The summed E-state index contributed by atoms with van der Waals surface area (Å²) in [6.45, 7) is 2.16. The SMILES string of the molecule is Cl.O=C(OCc1ccccc1)N1C2CCC1CNC2. The van der Waals surface area contributed by atoms with E-state index in [0.717, 1.165) is 31.5 Å². The maximum Gasteiger partial charge on any atom is 0.410 e. The van der Waals surface area contributed by atoms with Crippen LogP contribution >= 0.6 is 12.4 Å². The van der Waals surface area contributed by atoms with Crippen LogP contribution in [0.3, 0.4) is 0 Å². The molecule has 4 nitrogen and oxygen atoms in total. The molecule has 1 amide bonds. The van der Waals surface area contributed by atoms with Gasteiger partial charge in [0.1, 0.15) is 6.61 Å². The molecule has 0 aromatic heterocycles. The monoisotopic (exact) mass is 282 g/mol. The van der Waals surface area contributed by atoms with E-state index in [9.17, 15) is 4.79 Å². The molecule has 0 radical (unpaired) electrons. The van der Waals surface area contributed by atoms with Gasteiger partial charge < -0.3 is 10.1 Å². The first kappa shape index (κ1) is 14.2. The summed E-state index contributed by atoms with van der Waals surface area (Å²) in [4.78, 5) is 14.0. The van der Waals surface area contributed by atoms with Crippen LogP contribution in [0.5, 0.6) is 0 Å². The van der Waals surface area contributed by atoms with Gasteiger partial charge in [0.15, 0.2) is 0 Å². The highest BCUT2D eigenvalue weighted by Gasteiger charge is 2.40. The summed E-state index contributed by atoms with van der Waals surface area (Å²) >= 11 is 0. The molecule has 19 heavy (non-hydrogen) atoms. The predicted octanol–water partition coefficient (Wildman–Crippen LogP) is 2.18. The Balaban J connectivity index is 0.00000133. The molecule has 2 fully saturated rings. The number of rotatable bonds is 2. The van der Waals surface area contributed by atoms with Crippen molar-refractivity contribution in [2.75, 3.05) is 13.1 Å². The first-order valence-electron chi connectivity index (χ1n) is 6.54. The molecular weight excluding hydrogens is 264 g/mol. The van der Waals surface area contributed by atoms with Gasteiger partial charge in [-0.2, -0.15) is 0 Å². The Hall–Kier alpha value is -1.26. The molecular formula is C14H19ClN2O2. The average molecular weight is 283 g/mol. The van der Waals surface area contributed by atoms with Crippen molar-refractivity contribution in [1.82, 2.24) is 10.2 Å². The smallest absolute Gasteiger partial charge is 0.410 e. The summed E-state index contributed by atoms with van der Waals surface area (Å²) in [6, 6.07) is 10.5. The molecule has 2 saturated heterocycles. The van der Waals surface area contributed by atoms with Crippen LogP contribution < -0.4 is 5.32 Å². The van der Waals surface area contributed by atoms with E-state index in [1.54, 1.807) is 0 Å². The van der Waals surface area contributed by atoms with Gasteiger partial charge in [-0.1, -0.05) is 30.3 Å². The Bertz CT molecular complexity index is 411. The number of piperazine rings is 1. The van der Waals surface area contributed by atoms with Crippen LogP contribution in [0, 0.1) is 0 Å². The van der Waals surface area contributed by atoms with Gasteiger partial charge in [-0.05, 0) is 18.4 Å². The largest absolute Gasteiger partial charge is 0.445 e. The third-order valence-electron chi connectivity index (χ3n) is 3.80. The highest BCUT2D eigenvalue weighted by molar-refractivity contribution is 5.85. The van der Waals surface area contributed by atoms with Crippen molar-refractivity contribution in [1.29, 1.82) is 0 Å². The molecule has 2 aliphatic heterocycles. The molecule has 104 valence electrons. The number of carbonyl (C=O) groups excluding carboxylic acids is 1. The van der Waals surface area contributed by atoms with Crippen LogP contribution in [-0.4, -0.2) is 36.2 Å². The summed E-state index contributed by atoms with van der Waals surface area (Å²) in [5.41, 5.74) is 1.04. The van der Waals surface area contributed by atoms with Crippen molar-refractivity contribution >= 4 is 18.5 Å². The van der Waals surface area contributed by atoms with Gasteiger partial charge in [-0.25, -0.2) is 4.79 Å². The average Bonchev–Trinajstić information content (AvgIpc) is 2.67. The Morgan fingerprint density at radius 1 is 1.21 bits per heavy atom. The number of carbonyl (C=O) groups is 1. The number of nitrogens with one attached hydrogen (secondary N) is 1. The maximum atomic E-state index is 12.1. The maximum absolute atomic E-state index is 12.1. The van der Waals surface area contributed by atoms with Crippen LogP contribution in [0.2, 0.25) is 0 Å². The summed E-state index contributed by atoms with van der Waals surface area (Å²) in [5, 5.41) is 3.36. The number of halogens is 1. The molecule has 3 rings (SSSR count). The number of hydrogen-bond acceptors (Lipinski definition) is 3. The van der Waals surface area contributed by atoms with Crippen molar-refractivity contribution < 1.29 is 9.53 Å². The minimum atomic E-state index is -0.159. The summed E-state index contributed by atoms with van der Waals surface area (Å²) in [7, 11) is 0. The van der Waals surface area contributed by atoms with Gasteiger partial charge in [0, 0.05) is 25.2 Å². The molecule has 1 aromatic rings. The first-order valence-corrected chi connectivity index (χ1v) is 6.54. The lowest BCUT2D eigenvalue weighted by molar-refractivity contribution is 0.0693. The molecule has 2 heterocycles. The second kappa shape index (κ2) is 6.26. The van der Waals surface area contributed by atoms with Crippen LogP contribution in [-0.2, 0) is 11.3 Å². The van der Waals surface area contributed by atoms with E-state index in [1.807, 2.05) is 35.2 Å². The van der Waals surface area contributed by atoms with Gasteiger partial charge in [-0.15, -0.1) is 12.4 Å². The zero-order chi connectivity index (χ0) is 12.4. The fourth-order valence-corrected chi connectivity index (χ4v) is 2.87. The third kappa shape index (κ3) is 3.01. The normalized spacial score (nSPS) is 24.7. The number of benzene rings is 1. The highest BCUT2D eigenvalue weighted by atomic mass is 35.5. The van der Waals surface area contributed by atoms with Gasteiger partial charge in [0.2, 0.25) is 0 Å². The summed E-state index contributed by atoms with van der Waals surface area (Å²) in [5.74, 6) is 0. The van der Waals surface area contributed by atoms with Crippen molar-refractivity contribution in [2.45, 2.75) is 31.5 Å². The molecule has 1 N–H and O–H groups in total. The lowest BCUT2D eigenvalue weighted by Crippen LogP contribution is -2.54. The minimum absolute atomic E-state index is 0. The van der Waals surface area contributed by atoms with Gasteiger partial charge in [-0.3, -0.25) is 4.90 Å². The van der Waals surface area contributed by atoms with Crippen molar-refractivity contribution in [3.63, 3.8) is 0 Å². The topological polar surface area (TPSA) is 41.6 Å². The fourth-order valence-electron chi connectivity index (χ4n) is 2.87. The van der Waals surface area contributed by atoms with Crippen LogP contribution in [0.25, 0.3) is 0 Å². The van der Waals surface area contributed by atoms with E-state index in [4.69, 9.17) is 4.74 Å². The molecule has 2 bridgehead atoms. The van der Waals surface area contributed by atoms with E-state index in [-0.39, 0.29) is 18.5 Å². The zero-order valence-electron chi connectivity index (χ0n) is 10.7. The molecule has 2 aliphatic rings. The van der Waals surface area contributed by atoms with Crippen molar-refractivity contribution in [3.05, 3.63) is 35.9 Å². The Morgan fingerprint density at radius 2 is 1.84 bits per heavy atom. The lowest BCUT2D eigenvalue weighted by Gasteiger charge is -2.34. The molecule has 5 heteroatoms. The molecule has 0 aliphatic carbocycles. The zero-order valence-corrected chi connectivity index (χ0v) is 11.6. The first-order chi connectivity index (χ1) is 8.84. The second-order valence-corrected chi connectivity index (χ2v) is 4.99. The number of fused-ring (bicyclic) bond motifs is 2. The van der Waals surface area contributed by atoms with Crippen LogP contribution in [0.4, 0.5) is 4.79 Å². The summed E-state index contributed by atoms with van der Waals surface area (Å²) in [6.07, 6.45) is 2.03. The minimum Gasteiger partial charge on any atom is -0.445 e. The summed E-state index contributed by atoms with van der Waals surface area (Å²) < 4.78 is 5.41. The van der Waals surface area contributed by atoms with Gasteiger partial charge in [0.05, 0.1) is 0 Å². The van der Waals surface area contributed by atoms with E-state index < -0.39 is 0 Å². The standard InChI is InChI=1S/C14H18N2O2.ClH/c17-14(18-10-11-4-2-1-3-5-11)16-12-6-7-13(16)9-15-8-12;/h1-5,12-13,15H,6-10H2;1H. The number of ether oxygens (including phenoxy) is 1. The van der Waals surface area contributed by atoms with E-state index in [2.05, 4.69) is 5.32 Å². The van der Waals surface area contributed by atoms with Gasteiger partial charge >= 0.3 is 6.09 Å². The van der Waals surface area contributed by atoms with Crippen molar-refractivity contribution in [3.8, 4) is 0 Å². The molecule has 1 aromatic carbocycles. The van der Waals surface area contributed by atoms with E-state index >= 15 is 0 Å². The predicted molar refractivity (Wildman–Crippen MR) is 75.4 cm³/mol. The highest BCUT2D eigenvalue weighted by Crippen LogP contribution is 2.27. The lowest BCUT2D eigenvalue weighted by atomic mass is 10.2. The Morgan fingerprint density at radius 3 is 2.47 bits per heavy atom. The second-order valence-electron chi connectivity index (χ2n) is 4.99. The Labute approximate surface area is 119 Å². The van der Waals surface area contributed by atoms with E-state index in [1.165, 1.54) is 0 Å². The fraction of sp³-hybridized carbons (Fsp3) is 0.500. The molecule has 0 saturated carbocycles. The molecule has 0 spiro atoms. The molecule has 2 atom stereocenters. The number of hydrogen-bond donors (Lipinski definition) is 1. The van der Waals surface area contributed by atoms with Gasteiger partial charge in [0.25, 0.3) is 0 Å². The van der Waals surface area contributed by atoms with Crippen molar-refractivity contribution in [2.24, 2.45) is 0 Å². The molecule has 2 unspecified atom stereocenters. The third-order valence-corrected chi connectivity index (χ3v) is 3.80. The quantitative estimate of drug-likeness (QED) is 0.904. The van der Waals surface area contributed by atoms with Crippen LogP contribution in [0.1, 0.15) is 18.4 Å². The Kier molecular flexibility index (Phi) is 4.66. The number of nitrogens with zero attached hydrogens (tertiary/aromatic N) is 1. The number of amides is 1. The van der Waals surface area contributed by atoms with Crippen LogP contribution in [0.15, 0.2) is 30.3 Å². The van der Waals surface area contributed by atoms with E-state index in [0.29, 0.717) is 18.7 Å².